The molecule has 9 heteroatoms. The molecule has 2 rings (SSSR count). The maximum Gasteiger partial charge on any atom is 0.344 e. The summed E-state index contributed by atoms with van der Waals surface area (Å²) >= 11 is 0. The van der Waals surface area contributed by atoms with E-state index in [0.29, 0.717) is 0 Å². The smallest absolute Gasteiger partial charge is 0.344 e. The van der Waals surface area contributed by atoms with E-state index >= 15 is 0 Å². The number of rotatable bonds is 5. The van der Waals surface area contributed by atoms with Crippen LogP contribution in [0.25, 0.3) is 0 Å². The summed E-state index contributed by atoms with van der Waals surface area (Å²) in [4.78, 5) is 11.7. The van der Waals surface area contributed by atoms with Gasteiger partial charge in [-0.25, -0.2) is 4.79 Å². The predicted molar refractivity (Wildman–Crippen MR) is 73.2 cm³/mol. The Morgan fingerprint density at radius 2 is 1.83 bits per heavy atom. The molecular weight excluding hydrogens is 312 g/mol. The van der Waals surface area contributed by atoms with Crippen LogP contribution in [0.2, 0.25) is 0 Å². The standard InChI is InChI=1S/C14H18O9/c15-5-9-10(17)11(18)12(19)14(23-9)22-6-21-13(20)7-3-1-2-4-8(7)16/h1-4,9-12,14-19H,5-6H2/t9-,10-,11+,12-,14?/m1/s1. The van der Waals surface area contributed by atoms with Gasteiger partial charge in [0.15, 0.2) is 13.1 Å². The summed E-state index contributed by atoms with van der Waals surface area (Å²) in [7, 11) is 0. The number of benzene rings is 1. The van der Waals surface area contributed by atoms with Crippen molar-refractivity contribution < 1.29 is 44.5 Å². The minimum atomic E-state index is -1.59. The second-order valence-corrected chi connectivity index (χ2v) is 4.93. The molecule has 128 valence electrons. The van der Waals surface area contributed by atoms with Crippen LogP contribution >= 0.6 is 0 Å². The number of ether oxygens (including phenoxy) is 3. The van der Waals surface area contributed by atoms with Gasteiger partial charge in [0.25, 0.3) is 0 Å². The van der Waals surface area contributed by atoms with Crippen molar-refractivity contribution in [2.75, 3.05) is 13.4 Å². The fourth-order valence-corrected chi connectivity index (χ4v) is 2.08. The SMILES string of the molecule is O=C(OCOC1O[C@H](CO)[C@@H](O)[C@H](O)[C@H]1O)c1ccccc1O. The first-order chi connectivity index (χ1) is 11.0. The van der Waals surface area contributed by atoms with Crippen molar-refractivity contribution >= 4 is 5.97 Å². The lowest BCUT2D eigenvalue weighted by molar-refractivity contribution is -0.312. The van der Waals surface area contributed by atoms with Crippen LogP contribution in [0.1, 0.15) is 10.4 Å². The van der Waals surface area contributed by atoms with Crippen molar-refractivity contribution in [1.29, 1.82) is 0 Å². The van der Waals surface area contributed by atoms with Crippen molar-refractivity contribution in [3.63, 3.8) is 0 Å². The molecule has 1 fully saturated rings. The van der Waals surface area contributed by atoms with Gasteiger partial charge in [-0.05, 0) is 12.1 Å². The number of aliphatic hydroxyl groups excluding tert-OH is 4. The highest BCUT2D eigenvalue weighted by Crippen LogP contribution is 2.22. The van der Waals surface area contributed by atoms with Crippen molar-refractivity contribution in [3.05, 3.63) is 29.8 Å². The number of hydrogen-bond donors (Lipinski definition) is 5. The van der Waals surface area contributed by atoms with Gasteiger partial charge in [-0.3, -0.25) is 0 Å². The van der Waals surface area contributed by atoms with Gasteiger partial charge in [0.05, 0.1) is 6.61 Å². The molecule has 0 spiro atoms. The van der Waals surface area contributed by atoms with Crippen LogP contribution in [0.3, 0.4) is 0 Å². The third kappa shape index (κ3) is 3.96. The summed E-state index contributed by atoms with van der Waals surface area (Å²) in [5.41, 5.74) is -0.0649. The zero-order valence-corrected chi connectivity index (χ0v) is 12.0. The molecule has 0 bridgehead atoms. The van der Waals surface area contributed by atoms with Crippen LogP contribution in [-0.4, -0.2) is 75.6 Å². The molecule has 5 atom stereocenters. The Morgan fingerprint density at radius 3 is 2.48 bits per heavy atom. The molecule has 23 heavy (non-hydrogen) atoms. The molecule has 1 heterocycles. The van der Waals surface area contributed by atoms with Crippen LogP contribution in [0, 0.1) is 0 Å². The molecule has 1 aliphatic heterocycles. The molecule has 0 aromatic heterocycles. The highest BCUT2D eigenvalue weighted by Gasteiger charge is 2.44. The number of carbonyl (C=O) groups is 1. The van der Waals surface area contributed by atoms with Crippen molar-refractivity contribution in [3.8, 4) is 5.75 Å². The van der Waals surface area contributed by atoms with Gasteiger partial charge < -0.3 is 39.7 Å². The Labute approximate surface area is 131 Å². The van der Waals surface area contributed by atoms with E-state index in [2.05, 4.69) is 0 Å². The predicted octanol–water partition coefficient (Wildman–Crippen LogP) is -1.68. The van der Waals surface area contributed by atoms with E-state index in [1.54, 1.807) is 0 Å². The summed E-state index contributed by atoms with van der Waals surface area (Å²) in [6, 6.07) is 5.74. The number of esters is 1. The molecule has 1 saturated heterocycles. The van der Waals surface area contributed by atoms with E-state index in [1.165, 1.54) is 24.3 Å². The molecule has 1 aromatic rings. The molecule has 0 saturated carbocycles. The molecule has 1 aromatic carbocycles. The first kappa shape index (κ1) is 17.6. The summed E-state index contributed by atoms with van der Waals surface area (Å²) < 4.78 is 14.8. The van der Waals surface area contributed by atoms with Gasteiger partial charge in [0.1, 0.15) is 35.7 Å². The first-order valence-electron chi connectivity index (χ1n) is 6.83. The number of carbonyl (C=O) groups excluding carboxylic acids is 1. The van der Waals surface area contributed by atoms with E-state index in [0.717, 1.165) is 0 Å². The van der Waals surface area contributed by atoms with Crippen LogP contribution in [0.15, 0.2) is 24.3 Å². The number of para-hydroxylation sites is 1. The van der Waals surface area contributed by atoms with Crippen molar-refractivity contribution in [2.45, 2.75) is 30.7 Å². The molecule has 0 amide bonds. The van der Waals surface area contributed by atoms with E-state index < -0.39 is 50.1 Å². The van der Waals surface area contributed by atoms with Crippen LogP contribution in [-0.2, 0) is 14.2 Å². The number of aliphatic hydroxyl groups is 4. The fraction of sp³-hybridized carbons (Fsp3) is 0.500. The second-order valence-electron chi connectivity index (χ2n) is 4.93. The van der Waals surface area contributed by atoms with E-state index in [-0.39, 0.29) is 11.3 Å². The molecule has 1 aliphatic rings. The highest BCUT2D eigenvalue weighted by molar-refractivity contribution is 5.92. The van der Waals surface area contributed by atoms with E-state index in [4.69, 9.17) is 19.3 Å². The molecule has 0 radical (unpaired) electrons. The molecule has 9 nitrogen and oxygen atoms in total. The topological polar surface area (TPSA) is 146 Å². The Morgan fingerprint density at radius 1 is 1.13 bits per heavy atom. The zero-order valence-electron chi connectivity index (χ0n) is 12.0. The van der Waals surface area contributed by atoms with Gasteiger partial charge in [0, 0.05) is 0 Å². The molecular formula is C14H18O9. The van der Waals surface area contributed by atoms with Crippen LogP contribution in [0.5, 0.6) is 5.75 Å². The summed E-state index contributed by atoms with van der Waals surface area (Å²) in [5, 5.41) is 47.4. The average molecular weight is 330 g/mol. The van der Waals surface area contributed by atoms with Gasteiger partial charge in [0.2, 0.25) is 0 Å². The van der Waals surface area contributed by atoms with Crippen molar-refractivity contribution in [2.24, 2.45) is 0 Å². The van der Waals surface area contributed by atoms with Gasteiger partial charge in [-0.2, -0.15) is 0 Å². The first-order valence-corrected chi connectivity index (χ1v) is 6.83. The Balaban J connectivity index is 1.88. The maximum absolute atomic E-state index is 11.7. The summed E-state index contributed by atoms with van der Waals surface area (Å²) in [5.74, 6) is -1.11. The number of phenolic OH excluding ortho intramolecular Hbond substituents is 1. The van der Waals surface area contributed by atoms with Crippen LogP contribution in [0.4, 0.5) is 0 Å². The monoisotopic (exact) mass is 330 g/mol. The van der Waals surface area contributed by atoms with Gasteiger partial charge in [-0.1, -0.05) is 12.1 Å². The van der Waals surface area contributed by atoms with Crippen molar-refractivity contribution in [1.82, 2.24) is 0 Å². The number of aromatic hydroxyl groups is 1. The van der Waals surface area contributed by atoms with Crippen LogP contribution < -0.4 is 0 Å². The Bertz CT molecular complexity index is 533. The molecule has 5 N–H and O–H groups in total. The van der Waals surface area contributed by atoms with Gasteiger partial charge in [-0.15, -0.1) is 0 Å². The molecule has 0 aliphatic carbocycles. The quantitative estimate of drug-likeness (QED) is 0.316. The Kier molecular flexibility index (Phi) is 5.88. The van der Waals surface area contributed by atoms with Gasteiger partial charge >= 0.3 is 5.97 Å². The third-order valence-corrected chi connectivity index (χ3v) is 3.39. The lowest BCUT2D eigenvalue weighted by Gasteiger charge is -2.39. The fourth-order valence-electron chi connectivity index (χ4n) is 2.08. The summed E-state index contributed by atoms with van der Waals surface area (Å²) in [6.45, 7) is -1.22. The highest BCUT2D eigenvalue weighted by atomic mass is 16.8. The summed E-state index contributed by atoms with van der Waals surface area (Å²) in [6.07, 6.45) is -7.19. The zero-order chi connectivity index (χ0) is 17.0. The lowest BCUT2D eigenvalue weighted by atomic mass is 9.99. The largest absolute Gasteiger partial charge is 0.507 e. The third-order valence-electron chi connectivity index (χ3n) is 3.39. The van der Waals surface area contributed by atoms with E-state index in [1.807, 2.05) is 0 Å². The average Bonchev–Trinajstić information content (AvgIpc) is 2.55. The Hall–Kier alpha value is -1.75. The lowest BCUT2D eigenvalue weighted by Crippen LogP contribution is -2.59. The number of phenols is 1. The number of hydrogen-bond acceptors (Lipinski definition) is 9. The van der Waals surface area contributed by atoms with E-state index in [9.17, 15) is 25.2 Å². The minimum Gasteiger partial charge on any atom is -0.507 e. The maximum atomic E-state index is 11.7. The normalized spacial score (nSPS) is 30.9. The minimum absolute atomic E-state index is 0.0649. The molecule has 1 unspecified atom stereocenters. The second kappa shape index (κ2) is 7.68.